The van der Waals surface area contributed by atoms with Crippen LogP contribution in [0.5, 0.6) is 0 Å². The standard InChI is InChI=1S/C20H22ClN5O.ClH/c1-2-7-18-19(24-25-26(18)16-11-6-10-15(21)12-16)20(27)23-13-17(22)14-8-4-3-5-9-14;/h3-6,8-12,17H,2,7,13,22H2,1H3,(H,23,27);1H. The molecule has 2 aromatic carbocycles. The van der Waals surface area contributed by atoms with Crippen molar-refractivity contribution in [3.05, 3.63) is 76.6 Å². The Hall–Kier alpha value is -2.41. The summed E-state index contributed by atoms with van der Waals surface area (Å²) in [5, 5.41) is 11.7. The predicted octanol–water partition coefficient (Wildman–Crippen LogP) is 3.72. The molecule has 0 spiro atoms. The maximum absolute atomic E-state index is 12.7. The summed E-state index contributed by atoms with van der Waals surface area (Å²) in [6.07, 6.45) is 1.53. The third-order valence-corrected chi connectivity index (χ3v) is 4.46. The van der Waals surface area contributed by atoms with Crippen molar-refractivity contribution < 1.29 is 4.79 Å². The summed E-state index contributed by atoms with van der Waals surface area (Å²) < 4.78 is 1.67. The second-order valence-electron chi connectivity index (χ2n) is 6.25. The number of hydrogen-bond acceptors (Lipinski definition) is 4. The lowest BCUT2D eigenvalue weighted by atomic mass is 10.1. The summed E-state index contributed by atoms with van der Waals surface area (Å²) in [6, 6.07) is 16.7. The average Bonchev–Trinajstić information content (AvgIpc) is 3.10. The van der Waals surface area contributed by atoms with Gasteiger partial charge in [0.2, 0.25) is 0 Å². The fraction of sp³-hybridized carbons (Fsp3) is 0.250. The molecular formula is C20H23Cl2N5O. The second kappa shape index (κ2) is 10.2. The van der Waals surface area contributed by atoms with E-state index >= 15 is 0 Å². The van der Waals surface area contributed by atoms with Crippen molar-refractivity contribution in [1.29, 1.82) is 0 Å². The van der Waals surface area contributed by atoms with Crippen molar-refractivity contribution in [1.82, 2.24) is 20.3 Å². The molecule has 6 nitrogen and oxygen atoms in total. The smallest absolute Gasteiger partial charge is 0.273 e. The topological polar surface area (TPSA) is 85.8 Å². The largest absolute Gasteiger partial charge is 0.349 e. The Morgan fingerprint density at radius 1 is 1.21 bits per heavy atom. The summed E-state index contributed by atoms with van der Waals surface area (Å²) in [7, 11) is 0. The normalized spacial score (nSPS) is 11.5. The van der Waals surface area contributed by atoms with E-state index in [-0.39, 0.29) is 24.4 Å². The molecule has 1 aromatic heterocycles. The first-order valence-corrected chi connectivity index (χ1v) is 9.27. The number of hydrogen-bond donors (Lipinski definition) is 2. The van der Waals surface area contributed by atoms with Gasteiger partial charge in [-0.3, -0.25) is 4.79 Å². The molecule has 0 aliphatic carbocycles. The van der Waals surface area contributed by atoms with Crippen LogP contribution >= 0.6 is 24.0 Å². The molecule has 1 heterocycles. The third-order valence-electron chi connectivity index (χ3n) is 4.23. The molecule has 0 bridgehead atoms. The number of benzene rings is 2. The van der Waals surface area contributed by atoms with Gasteiger partial charge in [-0.1, -0.05) is 66.6 Å². The van der Waals surface area contributed by atoms with Gasteiger partial charge >= 0.3 is 0 Å². The highest BCUT2D eigenvalue weighted by molar-refractivity contribution is 6.30. The van der Waals surface area contributed by atoms with Crippen molar-refractivity contribution >= 4 is 29.9 Å². The average molecular weight is 420 g/mol. The Labute approximate surface area is 175 Å². The SMILES string of the molecule is CCCc1c(C(=O)NCC(N)c2ccccc2)nnn1-c1cccc(Cl)c1.Cl. The predicted molar refractivity (Wildman–Crippen MR) is 113 cm³/mol. The zero-order valence-corrected chi connectivity index (χ0v) is 17.1. The third kappa shape index (κ3) is 5.10. The van der Waals surface area contributed by atoms with Crippen LogP contribution < -0.4 is 11.1 Å². The molecule has 8 heteroatoms. The van der Waals surface area contributed by atoms with Gasteiger partial charge in [0, 0.05) is 17.6 Å². The van der Waals surface area contributed by atoms with Crippen molar-refractivity contribution in [3.8, 4) is 5.69 Å². The number of rotatable bonds is 7. The van der Waals surface area contributed by atoms with Crippen LogP contribution in [0, 0.1) is 0 Å². The van der Waals surface area contributed by atoms with Gasteiger partial charge < -0.3 is 11.1 Å². The Balaban J connectivity index is 0.00000280. The highest BCUT2D eigenvalue weighted by Crippen LogP contribution is 2.18. The maximum atomic E-state index is 12.7. The molecule has 3 aromatic rings. The Bertz CT molecular complexity index is 914. The highest BCUT2D eigenvalue weighted by Gasteiger charge is 2.20. The molecule has 3 N–H and O–H groups in total. The van der Waals surface area contributed by atoms with Gasteiger partial charge in [-0.25, -0.2) is 4.68 Å². The minimum Gasteiger partial charge on any atom is -0.349 e. The van der Waals surface area contributed by atoms with Crippen LogP contribution in [0.3, 0.4) is 0 Å². The first kappa shape index (κ1) is 21.9. The van der Waals surface area contributed by atoms with Gasteiger partial charge in [-0.15, -0.1) is 17.5 Å². The summed E-state index contributed by atoms with van der Waals surface area (Å²) in [5.41, 5.74) is 8.98. The maximum Gasteiger partial charge on any atom is 0.273 e. The molecule has 3 rings (SSSR count). The second-order valence-corrected chi connectivity index (χ2v) is 6.69. The molecule has 28 heavy (non-hydrogen) atoms. The van der Waals surface area contributed by atoms with Crippen molar-refractivity contribution in [3.63, 3.8) is 0 Å². The fourth-order valence-corrected chi connectivity index (χ4v) is 3.04. The number of carbonyl (C=O) groups is 1. The van der Waals surface area contributed by atoms with E-state index in [2.05, 4.69) is 15.6 Å². The van der Waals surface area contributed by atoms with Crippen LogP contribution in [0.2, 0.25) is 5.02 Å². The number of carbonyl (C=O) groups excluding carboxylic acids is 1. The molecule has 148 valence electrons. The lowest BCUT2D eigenvalue weighted by Crippen LogP contribution is -2.32. The van der Waals surface area contributed by atoms with E-state index in [1.807, 2.05) is 49.4 Å². The zero-order chi connectivity index (χ0) is 19.2. The van der Waals surface area contributed by atoms with Crippen molar-refractivity contribution in [2.75, 3.05) is 6.54 Å². The van der Waals surface area contributed by atoms with Gasteiger partial charge in [0.25, 0.3) is 5.91 Å². The Morgan fingerprint density at radius 2 is 1.96 bits per heavy atom. The summed E-state index contributed by atoms with van der Waals surface area (Å²) >= 11 is 6.08. The molecule has 0 aliphatic rings. The van der Waals surface area contributed by atoms with Crippen LogP contribution in [0.1, 0.15) is 41.1 Å². The molecule has 1 unspecified atom stereocenters. The molecule has 1 atom stereocenters. The number of halogens is 2. The van der Waals surface area contributed by atoms with E-state index in [4.69, 9.17) is 17.3 Å². The van der Waals surface area contributed by atoms with Gasteiger partial charge in [0.05, 0.1) is 11.4 Å². The van der Waals surface area contributed by atoms with E-state index in [1.165, 1.54) is 0 Å². The molecule has 0 fully saturated rings. The zero-order valence-electron chi connectivity index (χ0n) is 15.5. The Morgan fingerprint density at radius 3 is 2.64 bits per heavy atom. The molecule has 0 aliphatic heterocycles. The summed E-state index contributed by atoms with van der Waals surface area (Å²) in [4.78, 5) is 12.7. The number of amides is 1. The quantitative estimate of drug-likeness (QED) is 0.610. The van der Waals surface area contributed by atoms with Crippen LogP contribution in [-0.2, 0) is 6.42 Å². The molecule has 0 saturated carbocycles. The molecule has 1 amide bonds. The van der Waals surface area contributed by atoms with Crippen LogP contribution in [0.15, 0.2) is 54.6 Å². The highest BCUT2D eigenvalue weighted by atomic mass is 35.5. The monoisotopic (exact) mass is 419 g/mol. The number of nitrogens with one attached hydrogen (secondary N) is 1. The van der Waals surface area contributed by atoms with Crippen LogP contribution in [0.4, 0.5) is 0 Å². The van der Waals surface area contributed by atoms with Crippen LogP contribution in [-0.4, -0.2) is 27.4 Å². The lowest BCUT2D eigenvalue weighted by molar-refractivity contribution is 0.0945. The first-order chi connectivity index (χ1) is 13.1. The van der Waals surface area contributed by atoms with Crippen LogP contribution in [0.25, 0.3) is 5.69 Å². The lowest BCUT2D eigenvalue weighted by Gasteiger charge is -2.13. The number of nitrogens with zero attached hydrogens (tertiary/aromatic N) is 3. The van der Waals surface area contributed by atoms with Crippen molar-refractivity contribution in [2.45, 2.75) is 25.8 Å². The summed E-state index contributed by atoms with van der Waals surface area (Å²) in [5.74, 6) is -0.280. The minimum absolute atomic E-state index is 0. The molecule has 0 saturated heterocycles. The first-order valence-electron chi connectivity index (χ1n) is 8.89. The van der Waals surface area contributed by atoms with Gasteiger partial charge in [-0.2, -0.15) is 0 Å². The molecular weight excluding hydrogens is 397 g/mol. The van der Waals surface area contributed by atoms with E-state index in [9.17, 15) is 4.79 Å². The van der Waals surface area contributed by atoms with E-state index in [1.54, 1.807) is 16.8 Å². The molecule has 0 radical (unpaired) electrons. The van der Waals surface area contributed by atoms with Gasteiger partial charge in [0.15, 0.2) is 5.69 Å². The Kier molecular flexibility index (Phi) is 7.99. The fourth-order valence-electron chi connectivity index (χ4n) is 2.86. The van der Waals surface area contributed by atoms with Gasteiger partial charge in [-0.05, 0) is 30.2 Å². The van der Waals surface area contributed by atoms with Gasteiger partial charge in [0.1, 0.15) is 0 Å². The van der Waals surface area contributed by atoms with E-state index in [0.717, 1.165) is 23.4 Å². The number of nitrogens with two attached hydrogens (primary N) is 1. The van der Waals surface area contributed by atoms with E-state index in [0.29, 0.717) is 23.7 Å². The summed E-state index contributed by atoms with van der Waals surface area (Å²) in [6.45, 7) is 2.36. The van der Waals surface area contributed by atoms with Crippen molar-refractivity contribution in [2.24, 2.45) is 5.73 Å². The van der Waals surface area contributed by atoms with E-state index < -0.39 is 0 Å². The number of aromatic nitrogens is 3. The minimum atomic E-state index is -0.284.